The number of benzene rings is 1. The number of nitrogens with one attached hydrogen (secondary N) is 1. The first-order valence-corrected chi connectivity index (χ1v) is 11.4. The van der Waals surface area contributed by atoms with Gasteiger partial charge in [0.1, 0.15) is 0 Å². The fourth-order valence-corrected chi connectivity index (χ4v) is 4.43. The van der Waals surface area contributed by atoms with E-state index in [1.165, 1.54) is 11.1 Å². The fraction of sp³-hybridized carbons (Fsp3) is 0.583. The molecule has 2 unspecified atom stereocenters. The van der Waals surface area contributed by atoms with Crippen molar-refractivity contribution >= 4 is 5.96 Å². The van der Waals surface area contributed by atoms with Crippen LogP contribution < -0.4 is 5.32 Å². The van der Waals surface area contributed by atoms with Gasteiger partial charge in [0.15, 0.2) is 5.96 Å². The highest BCUT2D eigenvalue weighted by atomic mass is 15.3. The fourth-order valence-electron chi connectivity index (χ4n) is 4.43. The molecule has 6 heteroatoms. The zero-order valence-corrected chi connectivity index (χ0v) is 19.1. The summed E-state index contributed by atoms with van der Waals surface area (Å²) in [6, 6.07) is 11.2. The molecule has 0 amide bonds. The van der Waals surface area contributed by atoms with Gasteiger partial charge in [0, 0.05) is 44.8 Å². The van der Waals surface area contributed by atoms with Crippen molar-refractivity contribution in [1.29, 1.82) is 0 Å². The average molecular weight is 411 g/mol. The SMILES string of the molecule is CCNC(=NCC(Cc1ccccc1)N(CC)CC)N1CCC(c2cnn(C)c2)C1. The van der Waals surface area contributed by atoms with Crippen molar-refractivity contribution in [2.45, 2.75) is 45.6 Å². The van der Waals surface area contributed by atoms with Gasteiger partial charge in [0.2, 0.25) is 0 Å². The quantitative estimate of drug-likeness (QED) is 0.510. The topological polar surface area (TPSA) is 48.7 Å². The molecule has 0 spiro atoms. The van der Waals surface area contributed by atoms with Gasteiger partial charge in [-0.1, -0.05) is 44.2 Å². The maximum atomic E-state index is 5.11. The molecule has 1 aliphatic rings. The number of aliphatic imine (C=N–C) groups is 1. The highest BCUT2D eigenvalue weighted by Crippen LogP contribution is 2.26. The Morgan fingerprint density at radius 3 is 2.63 bits per heavy atom. The summed E-state index contributed by atoms with van der Waals surface area (Å²) >= 11 is 0. The van der Waals surface area contributed by atoms with Crippen molar-refractivity contribution in [3.8, 4) is 0 Å². The first-order valence-electron chi connectivity index (χ1n) is 11.4. The zero-order valence-electron chi connectivity index (χ0n) is 19.1. The second-order valence-electron chi connectivity index (χ2n) is 8.14. The molecule has 2 aromatic rings. The molecule has 2 heterocycles. The Morgan fingerprint density at radius 2 is 2.00 bits per heavy atom. The van der Waals surface area contributed by atoms with Crippen molar-refractivity contribution < 1.29 is 0 Å². The number of guanidine groups is 1. The van der Waals surface area contributed by atoms with E-state index in [2.05, 4.69) is 77.5 Å². The number of likely N-dealkylation sites (tertiary alicyclic amines) is 1. The van der Waals surface area contributed by atoms with E-state index < -0.39 is 0 Å². The van der Waals surface area contributed by atoms with Crippen molar-refractivity contribution in [3.05, 3.63) is 53.9 Å². The van der Waals surface area contributed by atoms with Gasteiger partial charge >= 0.3 is 0 Å². The summed E-state index contributed by atoms with van der Waals surface area (Å²) in [5.74, 6) is 1.58. The molecule has 1 fully saturated rings. The summed E-state index contributed by atoms with van der Waals surface area (Å²) in [7, 11) is 1.99. The molecular weight excluding hydrogens is 372 g/mol. The Kier molecular flexibility index (Phi) is 8.31. The number of aromatic nitrogens is 2. The summed E-state index contributed by atoms with van der Waals surface area (Å²) in [4.78, 5) is 10.1. The summed E-state index contributed by atoms with van der Waals surface area (Å²) < 4.78 is 1.90. The van der Waals surface area contributed by atoms with E-state index in [4.69, 9.17) is 4.99 Å². The standard InChI is InChI=1S/C24H38N6/c1-5-25-24(30-14-13-21(19-30)22-16-27-28(4)18-22)26-17-23(29(6-2)7-3)15-20-11-9-8-10-12-20/h8-12,16,18,21,23H,5-7,13-15,17,19H2,1-4H3,(H,25,26). The molecule has 1 aromatic carbocycles. The molecule has 30 heavy (non-hydrogen) atoms. The van der Waals surface area contributed by atoms with Crippen LogP contribution in [0.4, 0.5) is 0 Å². The number of hydrogen-bond acceptors (Lipinski definition) is 3. The maximum Gasteiger partial charge on any atom is 0.193 e. The van der Waals surface area contributed by atoms with Crippen molar-refractivity contribution in [1.82, 2.24) is 24.9 Å². The average Bonchev–Trinajstić information content (AvgIpc) is 3.41. The molecule has 0 bridgehead atoms. The molecule has 1 saturated heterocycles. The molecule has 6 nitrogen and oxygen atoms in total. The van der Waals surface area contributed by atoms with Crippen LogP contribution in [0.1, 0.15) is 44.2 Å². The summed E-state index contributed by atoms with van der Waals surface area (Å²) in [5, 5.41) is 7.88. The molecule has 3 rings (SSSR count). The molecule has 2 atom stereocenters. The summed E-state index contributed by atoms with van der Waals surface area (Å²) in [6.07, 6.45) is 6.34. The summed E-state index contributed by atoms with van der Waals surface area (Å²) in [6.45, 7) is 12.5. The molecule has 0 aliphatic carbocycles. The van der Waals surface area contributed by atoms with Crippen LogP contribution in [0.15, 0.2) is 47.7 Å². The number of nitrogens with zero attached hydrogens (tertiary/aromatic N) is 5. The molecule has 1 aromatic heterocycles. The van der Waals surface area contributed by atoms with Crippen LogP contribution >= 0.6 is 0 Å². The van der Waals surface area contributed by atoms with E-state index in [0.29, 0.717) is 12.0 Å². The minimum absolute atomic E-state index is 0.410. The second kappa shape index (κ2) is 11.2. The van der Waals surface area contributed by atoms with E-state index in [1.54, 1.807) is 0 Å². The van der Waals surface area contributed by atoms with Crippen LogP contribution in [0, 0.1) is 0 Å². The molecule has 0 radical (unpaired) electrons. The Morgan fingerprint density at radius 1 is 1.23 bits per heavy atom. The third-order valence-electron chi connectivity index (χ3n) is 6.11. The van der Waals surface area contributed by atoms with E-state index in [0.717, 1.165) is 58.1 Å². The minimum Gasteiger partial charge on any atom is -0.357 e. The van der Waals surface area contributed by atoms with E-state index in [-0.39, 0.29) is 0 Å². The smallest absolute Gasteiger partial charge is 0.193 e. The van der Waals surface area contributed by atoms with Crippen LogP contribution in [-0.2, 0) is 13.5 Å². The predicted octanol–water partition coefficient (Wildman–Crippen LogP) is 3.13. The van der Waals surface area contributed by atoms with Crippen molar-refractivity contribution in [2.75, 3.05) is 39.3 Å². The predicted molar refractivity (Wildman–Crippen MR) is 125 cm³/mol. The number of hydrogen-bond donors (Lipinski definition) is 1. The molecule has 1 N–H and O–H groups in total. The van der Waals surface area contributed by atoms with Crippen molar-refractivity contribution in [3.63, 3.8) is 0 Å². The van der Waals surface area contributed by atoms with Crippen LogP contribution in [0.3, 0.4) is 0 Å². The lowest BCUT2D eigenvalue weighted by molar-refractivity contribution is 0.220. The molecule has 0 saturated carbocycles. The molecule has 164 valence electrons. The van der Waals surface area contributed by atoms with Gasteiger partial charge in [-0.05, 0) is 44.0 Å². The maximum absolute atomic E-state index is 5.11. The minimum atomic E-state index is 0.410. The van der Waals surface area contributed by atoms with Gasteiger partial charge in [0.05, 0.1) is 12.7 Å². The highest BCUT2D eigenvalue weighted by Gasteiger charge is 2.27. The summed E-state index contributed by atoms with van der Waals surface area (Å²) in [5.41, 5.74) is 2.72. The lowest BCUT2D eigenvalue weighted by Gasteiger charge is -2.29. The zero-order chi connectivity index (χ0) is 21.3. The molecular formula is C24H38N6. The Hall–Kier alpha value is -2.34. The van der Waals surface area contributed by atoms with Crippen molar-refractivity contribution in [2.24, 2.45) is 12.0 Å². The Bertz CT molecular complexity index is 780. The van der Waals surface area contributed by atoms with Crippen LogP contribution in [0.25, 0.3) is 0 Å². The van der Waals surface area contributed by atoms with E-state index in [9.17, 15) is 0 Å². The van der Waals surface area contributed by atoms with Gasteiger partial charge in [0.25, 0.3) is 0 Å². The Labute approximate surface area is 182 Å². The van der Waals surface area contributed by atoms with Crippen LogP contribution in [0.2, 0.25) is 0 Å². The number of rotatable bonds is 9. The van der Waals surface area contributed by atoms with Gasteiger partial charge < -0.3 is 10.2 Å². The highest BCUT2D eigenvalue weighted by molar-refractivity contribution is 5.80. The number of aryl methyl sites for hydroxylation is 1. The lowest BCUT2D eigenvalue weighted by atomic mass is 10.0. The van der Waals surface area contributed by atoms with Gasteiger partial charge in [-0.3, -0.25) is 14.6 Å². The van der Waals surface area contributed by atoms with E-state index in [1.807, 2.05) is 17.9 Å². The third kappa shape index (κ3) is 5.85. The van der Waals surface area contributed by atoms with Crippen LogP contribution in [0.5, 0.6) is 0 Å². The van der Waals surface area contributed by atoms with Gasteiger partial charge in [-0.2, -0.15) is 5.10 Å². The monoisotopic (exact) mass is 410 g/mol. The first-order chi connectivity index (χ1) is 14.6. The third-order valence-corrected chi connectivity index (χ3v) is 6.11. The normalized spacial score (nSPS) is 18.2. The van der Waals surface area contributed by atoms with Crippen LogP contribution in [-0.4, -0.2) is 70.9 Å². The Balaban J connectivity index is 1.70. The largest absolute Gasteiger partial charge is 0.357 e. The van der Waals surface area contributed by atoms with E-state index >= 15 is 0 Å². The first kappa shape index (κ1) is 22.3. The molecule has 1 aliphatic heterocycles. The van der Waals surface area contributed by atoms with Gasteiger partial charge in [-0.25, -0.2) is 0 Å². The number of likely N-dealkylation sites (N-methyl/N-ethyl adjacent to an activating group) is 1. The van der Waals surface area contributed by atoms with Gasteiger partial charge in [-0.15, -0.1) is 0 Å². The second-order valence-corrected chi connectivity index (χ2v) is 8.14. The lowest BCUT2D eigenvalue weighted by Crippen LogP contribution is -2.43.